The van der Waals surface area contributed by atoms with Gasteiger partial charge in [-0.2, -0.15) is 5.10 Å². The molecule has 0 saturated heterocycles. The number of carbonyl (C=O) groups is 1. The second-order valence-corrected chi connectivity index (χ2v) is 6.94. The molecule has 7 nitrogen and oxygen atoms in total. The summed E-state index contributed by atoms with van der Waals surface area (Å²) in [5, 5.41) is 11.0. The van der Waals surface area contributed by atoms with E-state index in [1.165, 1.54) is 0 Å². The van der Waals surface area contributed by atoms with Crippen LogP contribution in [0.2, 0.25) is 0 Å². The van der Waals surface area contributed by atoms with Gasteiger partial charge in [0, 0.05) is 17.6 Å². The SMILES string of the molecule is CN(C)Cc1n[nH]c(=O)c2ccc(NCC(=O)OC(C)(C)C)cc12. The third-order valence-electron chi connectivity index (χ3n) is 3.19. The maximum atomic E-state index is 11.9. The lowest BCUT2D eigenvalue weighted by atomic mass is 10.1. The Labute approximate surface area is 141 Å². The molecule has 0 aliphatic carbocycles. The van der Waals surface area contributed by atoms with Gasteiger partial charge in [0.25, 0.3) is 5.56 Å². The number of nitrogens with one attached hydrogen (secondary N) is 2. The van der Waals surface area contributed by atoms with E-state index in [-0.39, 0.29) is 18.1 Å². The van der Waals surface area contributed by atoms with Crippen molar-refractivity contribution in [2.24, 2.45) is 0 Å². The molecule has 1 heterocycles. The van der Waals surface area contributed by atoms with Gasteiger partial charge < -0.3 is 15.0 Å². The number of benzene rings is 1. The van der Waals surface area contributed by atoms with Gasteiger partial charge in [0.2, 0.25) is 0 Å². The molecule has 0 radical (unpaired) electrons. The number of hydrogen-bond acceptors (Lipinski definition) is 6. The van der Waals surface area contributed by atoms with E-state index < -0.39 is 5.60 Å². The fraction of sp³-hybridized carbons (Fsp3) is 0.471. The highest BCUT2D eigenvalue weighted by atomic mass is 16.6. The summed E-state index contributed by atoms with van der Waals surface area (Å²) in [6.07, 6.45) is 0. The Balaban J connectivity index is 2.23. The van der Waals surface area contributed by atoms with E-state index in [1.54, 1.807) is 12.1 Å². The number of anilines is 1. The van der Waals surface area contributed by atoms with Gasteiger partial charge in [0.1, 0.15) is 12.1 Å². The van der Waals surface area contributed by atoms with Crippen molar-refractivity contribution >= 4 is 22.4 Å². The van der Waals surface area contributed by atoms with E-state index in [0.717, 1.165) is 16.8 Å². The molecule has 7 heteroatoms. The van der Waals surface area contributed by atoms with Crippen LogP contribution in [0.15, 0.2) is 23.0 Å². The maximum absolute atomic E-state index is 11.9. The third kappa shape index (κ3) is 4.79. The highest BCUT2D eigenvalue weighted by molar-refractivity contribution is 5.87. The van der Waals surface area contributed by atoms with Crippen LogP contribution in [0.3, 0.4) is 0 Å². The van der Waals surface area contributed by atoms with Gasteiger partial charge in [-0.25, -0.2) is 5.10 Å². The van der Waals surface area contributed by atoms with Gasteiger partial charge >= 0.3 is 5.97 Å². The first-order valence-electron chi connectivity index (χ1n) is 7.77. The van der Waals surface area contributed by atoms with Crippen molar-refractivity contribution in [2.45, 2.75) is 32.9 Å². The van der Waals surface area contributed by atoms with Gasteiger partial charge in [-0.3, -0.25) is 9.59 Å². The van der Waals surface area contributed by atoms with Crippen LogP contribution in [0.5, 0.6) is 0 Å². The molecular formula is C17H24N4O3. The quantitative estimate of drug-likeness (QED) is 0.811. The maximum Gasteiger partial charge on any atom is 0.325 e. The predicted molar refractivity (Wildman–Crippen MR) is 94.1 cm³/mol. The average Bonchev–Trinajstić information content (AvgIpc) is 2.46. The van der Waals surface area contributed by atoms with Crippen LogP contribution in [0, 0.1) is 0 Å². The predicted octanol–water partition coefficient (Wildman–Crippen LogP) is 1.74. The number of carbonyl (C=O) groups excluding carboxylic acids is 1. The fourth-order valence-corrected chi connectivity index (χ4v) is 2.30. The Morgan fingerprint density at radius 3 is 2.62 bits per heavy atom. The summed E-state index contributed by atoms with van der Waals surface area (Å²) in [5.41, 5.74) is 0.764. The number of hydrogen-bond donors (Lipinski definition) is 2. The Kier molecular flexibility index (Phi) is 5.23. The summed E-state index contributed by atoms with van der Waals surface area (Å²) in [6, 6.07) is 5.33. The number of esters is 1. The lowest BCUT2D eigenvalue weighted by Crippen LogP contribution is -2.28. The van der Waals surface area contributed by atoms with Crippen molar-refractivity contribution in [1.82, 2.24) is 15.1 Å². The molecule has 130 valence electrons. The Morgan fingerprint density at radius 2 is 2.00 bits per heavy atom. The lowest BCUT2D eigenvalue weighted by Gasteiger charge is -2.19. The number of nitrogens with zero attached hydrogens (tertiary/aromatic N) is 2. The van der Waals surface area contributed by atoms with Crippen LogP contribution in [0.25, 0.3) is 10.8 Å². The average molecular weight is 332 g/mol. The van der Waals surface area contributed by atoms with Crippen molar-refractivity contribution in [2.75, 3.05) is 26.0 Å². The van der Waals surface area contributed by atoms with Crippen molar-refractivity contribution in [1.29, 1.82) is 0 Å². The molecule has 0 atom stereocenters. The number of H-pyrrole nitrogens is 1. The standard InChI is InChI=1S/C17H24N4O3/c1-17(2,3)24-15(22)9-18-11-6-7-12-13(8-11)14(10-21(4)5)19-20-16(12)23/h6-8,18H,9-10H2,1-5H3,(H,20,23). The third-order valence-corrected chi connectivity index (χ3v) is 3.19. The van der Waals surface area contributed by atoms with Crippen LogP contribution >= 0.6 is 0 Å². The van der Waals surface area contributed by atoms with E-state index in [9.17, 15) is 9.59 Å². The zero-order valence-electron chi connectivity index (χ0n) is 14.8. The van der Waals surface area contributed by atoms with Gasteiger partial charge in [-0.1, -0.05) is 0 Å². The molecule has 0 aliphatic heterocycles. The summed E-state index contributed by atoms with van der Waals surface area (Å²) in [4.78, 5) is 25.7. The second kappa shape index (κ2) is 7.00. The molecular weight excluding hydrogens is 308 g/mol. The van der Waals surface area contributed by atoms with Crippen LogP contribution in [-0.4, -0.2) is 47.3 Å². The van der Waals surface area contributed by atoms with E-state index in [4.69, 9.17) is 4.74 Å². The molecule has 0 aliphatic rings. The van der Waals surface area contributed by atoms with E-state index >= 15 is 0 Å². The first-order valence-corrected chi connectivity index (χ1v) is 7.77. The zero-order valence-corrected chi connectivity index (χ0v) is 14.8. The molecule has 0 saturated carbocycles. The minimum Gasteiger partial charge on any atom is -0.459 e. The fourth-order valence-electron chi connectivity index (χ4n) is 2.30. The van der Waals surface area contributed by atoms with Crippen molar-refractivity contribution in [3.8, 4) is 0 Å². The topological polar surface area (TPSA) is 87.3 Å². The molecule has 0 bridgehead atoms. The first-order chi connectivity index (χ1) is 11.2. The second-order valence-electron chi connectivity index (χ2n) is 6.94. The molecule has 0 fully saturated rings. The minimum absolute atomic E-state index is 0.0579. The zero-order chi connectivity index (χ0) is 17.9. The molecule has 1 aromatic heterocycles. The van der Waals surface area contributed by atoms with Crippen molar-refractivity contribution in [3.63, 3.8) is 0 Å². The molecule has 2 aromatic rings. The molecule has 2 rings (SSSR count). The molecule has 1 aromatic carbocycles. The van der Waals surface area contributed by atoms with E-state index in [2.05, 4.69) is 15.5 Å². The van der Waals surface area contributed by atoms with Gasteiger partial charge in [0.15, 0.2) is 0 Å². The minimum atomic E-state index is -0.516. The number of rotatable bonds is 5. The first kappa shape index (κ1) is 17.9. The number of aromatic amines is 1. The number of ether oxygens (including phenoxy) is 1. The molecule has 0 amide bonds. The summed E-state index contributed by atoms with van der Waals surface area (Å²) >= 11 is 0. The van der Waals surface area contributed by atoms with Gasteiger partial charge in [-0.15, -0.1) is 0 Å². The number of fused-ring (bicyclic) bond motifs is 1. The highest BCUT2D eigenvalue weighted by Crippen LogP contribution is 2.19. The van der Waals surface area contributed by atoms with Crippen molar-refractivity contribution in [3.05, 3.63) is 34.2 Å². The normalized spacial score (nSPS) is 11.8. The summed E-state index contributed by atoms with van der Waals surface area (Å²) in [7, 11) is 3.87. The Hall–Kier alpha value is -2.41. The monoisotopic (exact) mass is 332 g/mol. The van der Waals surface area contributed by atoms with Crippen LogP contribution in [0.1, 0.15) is 26.5 Å². The highest BCUT2D eigenvalue weighted by Gasteiger charge is 2.16. The summed E-state index contributed by atoms with van der Waals surface area (Å²) < 4.78 is 5.27. The molecule has 24 heavy (non-hydrogen) atoms. The van der Waals surface area contributed by atoms with Crippen LogP contribution in [0.4, 0.5) is 5.69 Å². The Morgan fingerprint density at radius 1 is 1.29 bits per heavy atom. The molecule has 0 spiro atoms. The van der Waals surface area contributed by atoms with Gasteiger partial charge in [0.05, 0.1) is 11.1 Å². The van der Waals surface area contributed by atoms with Crippen LogP contribution < -0.4 is 10.9 Å². The van der Waals surface area contributed by atoms with Crippen LogP contribution in [-0.2, 0) is 16.1 Å². The van der Waals surface area contributed by atoms with E-state index in [0.29, 0.717) is 11.9 Å². The van der Waals surface area contributed by atoms with Crippen molar-refractivity contribution < 1.29 is 9.53 Å². The smallest absolute Gasteiger partial charge is 0.325 e. The number of aromatic nitrogens is 2. The van der Waals surface area contributed by atoms with E-state index in [1.807, 2.05) is 45.8 Å². The summed E-state index contributed by atoms with van der Waals surface area (Å²) in [6.45, 7) is 6.14. The summed E-state index contributed by atoms with van der Waals surface area (Å²) in [5.74, 6) is -0.333. The largest absolute Gasteiger partial charge is 0.459 e. The molecule has 0 unspecified atom stereocenters. The Bertz CT molecular complexity index is 791. The van der Waals surface area contributed by atoms with Gasteiger partial charge in [-0.05, 0) is 53.1 Å². The lowest BCUT2D eigenvalue weighted by molar-refractivity contribution is -0.152. The molecule has 2 N–H and O–H groups in total.